The van der Waals surface area contributed by atoms with Gasteiger partial charge in [0.15, 0.2) is 0 Å². The lowest BCUT2D eigenvalue weighted by Crippen LogP contribution is -2.52. The number of piperidine rings is 1. The van der Waals surface area contributed by atoms with Crippen molar-refractivity contribution in [2.75, 3.05) is 19.7 Å². The SMILES string of the molecule is O=C(c1ccc(-c2cnc3ccccc3c2)c2ccccc12)N1CCCC(O)(CO)C1. The van der Waals surface area contributed by atoms with Gasteiger partial charge >= 0.3 is 0 Å². The Bertz CT molecular complexity index is 1290. The number of β-amino-alcohol motifs (C(OH)–C–C–N with tert-alkyl or cyclic N) is 1. The third-order valence-electron chi connectivity index (χ3n) is 6.19. The fourth-order valence-corrected chi connectivity index (χ4v) is 4.54. The Morgan fingerprint density at radius 3 is 2.65 bits per heavy atom. The lowest BCUT2D eigenvalue weighted by Gasteiger charge is -2.38. The van der Waals surface area contributed by atoms with E-state index in [-0.39, 0.29) is 19.1 Å². The zero-order valence-electron chi connectivity index (χ0n) is 17.2. The van der Waals surface area contributed by atoms with Gasteiger partial charge < -0.3 is 15.1 Å². The topological polar surface area (TPSA) is 73.7 Å². The second-order valence-electron chi connectivity index (χ2n) is 8.34. The van der Waals surface area contributed by atoms with Crippen molar-refractivity contribution in [2.24, 2.45) is 0 Å². The van der Waals surface area contributed by atoms with Crippen LogP contribution in [-0.2, 0) is 0 Å². The molecule has 1 unspecified atom stereocenters. The van der Waals surface area contributed by atoms with Crippen molar-refractivity contribution >= 4 is 27.6 Å². The minimum Gasteiger partial charge on any atom is -0.393 e. The molecule has 0 spiro atoms. The van der Waals surface area contributed by atoms with E-state index in [1.165, 1.54) is 0 Å². The summed E-state index contributed by atoms with van der Waals surface area (Å²) < 4.78 is 0. The van der Waals surface area contributed by atoms with Gasteiger partial charge in [-0.2, -0.15) is 0 Å². The van der Waals surface area contributed by atoms with Gasteiger partial charge in [-0.1, -0.05) is 48.5 Å². The molecule has 0 aliphatic carbocycles. The molecule has 4 aromatic rings. The van der Waals surface area contributed by atoms with Gasteiger partial charge in [-0.3, -0.25) is 9.78 Å². The molecule has 5 rings (SSSR count). The van der Waals surface area contributed by atoms with Crippen LogP contribution in [0.1, 0.15) is 23.2 Å². The summed E-state index contributed by atoms with van der Waals surface area (Å²) in [6, 6.07) is 21.9. The van der Waals surface area contributed by atoms with Crippen molar-refractivity contribution in [3.63, 3.8) is 0 Å². The number of hydrogen-bond donors (Lipinski definition) is 2. The average molecular weight is 412 g/mol. The van der Waals surface area contributed by atoms with Crippen LogP contribution in [0, 0.1) is 0 Å². The van der Waals surface area contributed by atoms with Crippen LogP contribution in [0.4, 0.5) is 0 Å². The Morgan fingerprint density at radius 2 is 1.81 bits per heavy atom. The third-order valence-corrected chi connectivity index (χ3v) is 6.19. The molecule has 2 heterocycles. The molecule has 1 aliphatic heterocycles. The normalized spacial score (nSPS) is 19.1. The number of carbonyl (C=O) groups is 1. The standard InChI is InChI=1S/C26H24N2O3/c29-17-26(31)12-5-13-28(16-26)25(30)23-11-10-20(21-7-2-3-8-22(21)23)19-14-18-6-1-4-9-24(18)27-15-19/h1-4,6-11,14-15,29,31H,5,12-13,16-17H2. The highest BCUT2D eigenvalue weighted by Gasteiger charge is 2.35. The number of nitrogens with zero attached hydrogens (tertiary/aromatic N) is 2. The zero-order valence-corrected chi connectivity index (χ0v) is 17.2. The molecule has 5 heteroatoms. The fraction of sp³-hybridized carbons (Fsp3) is 0.231. The summed E-state index contributed by atoms with van der Waals surface area (Å²) in [5.74, 6) is -0.119. The van der Waals surface area contributed by atoms with Gasteiger partial charge in [0.1, 0.15) is 5.60 Å². The Hall–Kier alpha value is -3.28. The maximum absolute atomic E-state index is 13.4. The summed E-state index contributed by atoms with van der Waals surface area (Å²) in [5, 5.41) is 23.0. The minimum absolute atomic E-state index is 0.119. The van der Waals surface area contributed by atoms with E-state index in [1.807, 2.05) is 66.9 Å². The van der Waals surface area contributed by atoms with Crippen molar-refractivity contribution in [3.8, 4) is 11.1 Å². The molecule has 1 atom stereocenters. The first-order valence-corrected chi connectivity index (χ1v) is 10.6. The van der Waals surface area contributed by atoms with E-state index in [2.05, 4.69) is 11.1 Å². The highest BCUT2D eigenvalue weighted by atomic mass is 16.3. The quantitative estimate of drug-likeness (QED) is 0.533. The van der Waals surface area contributed by atoms with Crippen LogP contribution >= 0.6 is 0 Å². The lowest BCUT2D eigenvalue weighted by atomic mass is 9.91. The van der Waals surface area contributed by atoms with E-state index in [1.54, 1.807) is 4.90 Å². The minimum atomic E-state index is -1.22. The Balaban J connectivity index is 1.58. The predicted molar refractivity (Wildman–Crippen MR) is 122 cm³/mol. The number of rotatable bonds is 3. The molecular formula is C26H24N2O3. The molecule has 5 nitrogen and oxygen atoms in total. The monoisotopic (exact) mass is 412 g/mol. The van der Waals surface area contributed by atoms with Gasteiger partial charge in [-0.25, -0.2) is 0 Å². The zero-order chi connectivity index (χ0) is 21.4. The van der Waals surface area contributed by atoms with E-state index in [4.69, 9.17) is 0 Å². The van der Waals surface area contributed by atoms with Crippen LogP contribution in [0.2, 0.25) is 0 Å². The molecule has 3 aromatic carbocycles. The van der Waals surface area contributed by atoms with Crippen molar-refractivity contribution in [3.05, 3.63) is 78.5 Å². The summed E-state index contributed by atoms with van der Waals surface area (Å²) in [4.78, 5) is 19.6. The van der Waals surface area contributed by atoms with Crippen molar-refractivity contribution in [1.82, 2.24) is 9.88 Å². The molecule has 1 aromatic heterocycles. The first-order valence-electron chi connectivity index (χ1n) is 10.6. The first-order chi connectivity index (χ1) is 15.1. The van der Waals surface area contributed by atoms with Gasteiger partial charge in [0.25, 0.3) is 5.91 Å². The van der Waals surface area contributed by atoms with Gasteiger partial charge in [-0.05, 0) is 47.4 Å². The maximum atomic E-state index is 13.4. The molecule has 0 radical (unpaired) electrons. The summed E-state index contributed by atoms with van der Waals surface area (Å²) in [6.45, 7) is 0.379. The molecule has 1 saturated heterocycles. The number of likely N-dealkylation sites (tertiary alicyclic amines) is 1. The maximum Gasteiger partial charge on any atom is 0.254 e. The van der Waals surface area contributed by atoms with Crippen LogP contribution in [0.15, 0.2) is 72.9 Å². The molecule has 1 amide bonds. The van der Waals surface area contributed by atoms with Gasteiger partial charge in [0.05, 0.1) is 18.7 Å². The number of aliphatic hydroxyl groups excluding tert-OH is 1. The number of fused-ring (bicyclic) bond motifs is 2. The largest absolute Gasteiger partial charge is 0.393 e. The highest BCUT2D eigenvalue weighted by Crippen LogP contribution is 2.33. The lowest BCUT2D eigenvalue weighted by molar-refractivity contribution is -0.0598. The Morgan fingerprint density at radius 1 is 1.03 bits per heavy atom. The second-order valence-corrected chi connectivity index (χ2v) is 8.34. The molecule has 0 saturated carbocycles. The number of aromatic nitrogens is 1. The smallest absolute Gasteiger partial charge is 0.254 e. The number of aliphatic hydroxyl groups is 2. The highest BCUT2D eigenvalue weighted by molar-refractivity contribution is 6.11. The number of para-hydroxylation sites is 1. The number of pyridine rings is 1. The van der Waals surface area contributed by atoms with E-state index in [0.717, 1.165) is 32.8 Å². The van der Waals surface area contributed by atoms with Crippen LogP contribution in [0.25, 0.3) is 32.8 Å². The van der Waals surface area contributed by atoms with Crippen LogP contribution in [0.3, 0.4) is 0 Å². The molecule has 0 bridgehead atoms. The Kier molecular flexibility index (Phi) is 4.93. The summed E-state index contributed by atoms with van der Waals surface area (Å²) in [7, 11) is 0. The molecule has 156 valence electrons. The summed E-state index contributed by atoms with van der Waals surface area (Å²) in [6.07, 6.45) is 3.04. The number of benzene rings is 3. The Labute approximate surface area is 180 Å². The fourth-order valence-electron chi connectivity index (χ4n) is 4.54. The van der Waals surface area contributed by atoms with E-state index >= 15 is 0 Å². The number of hydrogen-bond acceptors (Lipinski definition) is 4. The van der Waals surface area contributed by atoms with Crippen LogP contribution < -0.4 is 0 Å². The van der Waals surface area contributed by atoms with E-state index < -0.39 is 5.60 Å². The first kappa shape index (κ1) is 19.7. The van der Waals surface area contributed by atoms with Crippen molar-refractivity contribution < 1.29 is 15.0 Å². The van der Waals surface area contributed by atoms with Crippen molar-refractivity contribution in [2.45, 2.75) is 18.4 Å². The molecular weight excluding hydrogens is 388 g/mol. The van der Waals surface area contributed by atoms with Crippen molar-refractivity contribution in [1.29, 1.82) is 0 Å². The van der Waals surface area contributed by atoms with E-state index in [9.17, 15) is 15.0 Å². The molecule has 1 fully saturated rings. The molecule has 31 heavy (non-hydrogen) atoms. The molecule has 1 aliphatic rings. The van der Waals surface area contributed by atoms with Gasteiger partial charge in [0.2, 0.25) is 0 Å². The van der Waals surface area contributed by atoms with Gasteiger partial charge in [-0.15, -0.1) is 0 Å². The number of amides is 1. The average Bonchev–Trinajstić information content (AvgIpc) is 2.82. The number of carbonyl (C=O) groups excluding carboxylic acids is 1. The second kappa shape index (κ2) is 7.76. The van der Waals surface area contributed by atoms with Crippen LogP contribution in [-0.4, -0.2) is 51.3 Å². The summed E-state index contributed by atoms with van der Waals surface area (Å²) in [5.41, 5.74) is 2.36. The van der Waals surface area contributed by atoms with Gasteiger partial charge in [0, 0.05) is 29.3 Å². The summed E-state index contributed by atoms with van der Waals surface area (Å²) >= 11 is 0. The molecule has 2 N–H and O–H groups in total. The predicted octanol–water partition coefficient (Wildman–Crippen LogP) is 4.01. The van der Waals surface area contributed by atoms with E-state index in [0.29, 0.717) is 24.9 Å². The van der Waals surface area contributed by atoms with Crippen LogP contribution in [0.5, 0.6) is 0 Å². The third kappa shape index (κ3) is 3.56.